The Bertz CT molecular complexity index is 311. The average Bonchev–Trinajstić information content (AvgIpc) is 2.41. The van der Waals surface area contributed by atoms with Crippen molar-refractivity contribution >= 4 is 10.0 Å². The van der Waals surface area contributed by atoms with Crippen LogP contribution in [0.3, 0.4) is 0 Å². The van der Waals surface area contributed by atoms with Gasteiger partial charge in [-0.15, -0.1) is 0 Å². The molecule has 0 heterocycles. The van der Waals surface area contributed by atoms with E-state index in [1.165, 1.54) is 0 Å². The Balaban J connectivity index is 2.52. The minimum absolute atomic E-state index is 0.0975. The molecule has 3 N–H and O–H groups in total. The van der Waals surface area contributed by atoms with Crippen molar-refractivity contribution in [1.29, 1.82) is 0 Å². The zero-order valence-corrected chi connectivity index (χ0v) is 9.90. The first kappa shape index (κ1) is 13.8. The number of sulfonamides is 1. The van der Waals surface area contributed by atoms with E-state index < -0.39 is 21.3 Å². The first-order chi connectivity index (χ1) is 7.36. The monoisotopic (exact) mass is 256 g/mol. The fourth-order valence-corrected chi connectivity index (χ4v) is 2.53. The van der Waals surface area contributed by atoms with Crippen molar-refractivity contribution in [1.82, 2.24) is 4.72 Å². The van der Waals surface area contributed by atoms with Crippen molar-refractivity contribution < 1.29 is 17.2 Å². The van der Waals surface area contributed by atoms with Crippen LogP contribution in [0.15, 0.2) is 0 Å². The van der Waals surface area contributed by atoms with Gasteiger partial charge in [-0.1, -0.05) is 25.7 Å². The molecule has 0 atom stereocenters. The molecule has 0 aromatic rings. The minimum atomic E-state index is -4.51. The minimum Gasteiger partial charge on any atom is -0.324 e. The number of hydrogen-bond donors (Lipinski definition) is 2. The highest BCUT2D eigenvalue weighted by atomic mass is 32.2. The first-order valence-electron chi connectivity index (χ1n) is 5.41. The highest BCUT2D eigenvalue weighted by molar-refractivity contribution is 7.89. The lowest BCUT2D eigenvalue weighted by molar-refractivity contribution is 0.231. The molecule has 0 aromatic heterocycles. The van der Waals surface area contributed by atoms with Crippen LogP contribution in [-0.2, 0) is 10.0 Å². The Labute approximate surface area is 94.6 Å². The van der Waals surface area contributed by atoms with Gasteiger partial charge in [-0.05, 0) is 12.8 Å². The van der Waals surface area contributed by atoms with Gasteiger partial charge in [0.2, 0.25) is 0 Å². The van der Waals surface area contributed by atoms with Gasteiger partial charge in [-0.2, -0.15) is 8.78 Å². The number of alkyl halides is 2. The number of nitrogens with one attached hydrogen (secondary N) is 1. The topological polar surface area (TPSA) is 72.2 Å². The zero-order chi connectivity index (χ0) is 12.2. The van der Waals surface area contributed by atoms with E-state index in [0.717, 1.165) is 25.7 Å². The normalized spacial score (nSPS) is 22.0. The Kier molecular flexibility index (Phi) is 4.63. The second kappa shape index (κ2) is 5.37. The summed E-state index contributed by atoms with van der Waals surface area (Å²) < 4.78 is 47.8. The maximum Gasteiger partial charge on any atom is 0.350 e. The molecule has 0 spiro atoms. The van der Waals surface area contributed by atoms with Gasteiger partial charge in [-0.3, -0.25) is 0 Å². The maximum absolute atomic E-state index is 12.1. The standard InChI is InChI=1S/C9H18F2N2O2S/c10-8(11)16(14,15)13-7-9(12)5-3-1-2-4-6-9/h8,13H,1-7,12H2. The van der Waals surface area contributed by atoms with Gasteiger partial charge in [0.25, 0.3) is 10.0 Å². The summed E-state index contributed by atoms with van der Waals surface area (Å²) in [6.45, 7) is -0.0975. The lowest BCUT2D eigenvalue weighted by Gasteiger charge is -2.28. The average molecular weight is 256 g/mol. The summed E-state index contributed by atoms with van der Waals surface area (Å²) in [6.07, 6.45) is 5.35. The van der Waals surface area contributed by atoms with E-state index in [2.05, 4.69) is 0 Å². The van der Waals surface area contributed by atoms with Crippen LogP contribution < -0.4 is 10.5 Å². The molecule has 0 aliphatic heterocycles. The van der Waals surface area contributed by atoms with E-state index in [0.29, 0.717) is 12.8 Å². The number of halogens is 2. The molecule has 1 aliphatic carbocycles. The van der Waals surface area contributed by atoms with Crippen molar-refractivity contribution in [3.05, 3.63) is 0 Å². The molecule has 0 amide bonds. The second-order valence-electron chi connectivity index (χ2n) is 4.40. The SMILES string of the molecule is NC1(CNS(=O)(=O)C(F)F)CCCCCC1. The Hall–Kier alpha value is -0.270. The van der Waals surface area contributed by atoms with Gasteiger partial charge in [0.1, 0.15) is 0 Å². The van der Waals surface area contributed by atoms with E-state index in [4.69, 9.17) is 5.73 Å². The first-order valence-corrected chi connectivity index (χ1v) is 6.96. The van der Waals surface area contributed by atoms with Gasteiger partial charge in [0, 0.05) is 12.1 Å². The van der Waals surface area contributed by atoms with Crippen molar-refractivity contribution in [3.63, 3.8) is 0 Å². The van der Waals surface area contributed by atoms with E-state index >= 15 is 0 Å². The quantitative estimate of drug-likeness (QED) is 0.742. The van der Waals surface area contributed by atoms with Crippen molar-refractivity contribution in [2.45, 2.75) is 49.8 Å². The highest BCUT2D eigenvalue weighted by Crippen LogP contribution is 2.24. The van der Waals surface area contributed by atoms with E-state index in [1.807, 2.05) is 4.72 Å². The zero-order valence-electron chi connectivity index (χ0n) is 9.09. The predicted molar refractivity (Wildman–Crippen MR) is 57.5 cm³/mol. The third kappa shape index (κ3) is 3.95. The summed E-state index contributed by atoms with van der Waals surface area (Å²) >= 11 is 0. The Morgan fingerprint density at radius 2 is 1.69 bits per heavy atom. The lowest BCUT2D eigenvalue weighted by atomic mass is 9.92. The summed E-state index contributed by atoms with van der Waals surface area (Å²) in [7, 11) is -4.51. The van der Waals surface area contributed by atoms with Crippen LogP contribution in [0.4, 0.5) is 8.78 Å². The highest BCUT2D eigenvalue weighted by Gasteiger charge is 2.30. The van der Waals surface area contributed by atoms with Gasteiger partial charge in [0.15, 0.2) is 0 Å². The van der Waals surface area contributed by atoms with Crippen molar-refractivity contribution in [3.8, 4) is 0 Å². The Morgan fingerprint density at radius 1 is 1.19 bits per heavy atom. The third-order valence-electron chi connectivity index (χ3n) is 2.96. The summed E-state index contributed by atoms with van der Waals surface area (Å²) in [5, 5.41) is 0. The lowest BCUT2D eigenvalue weighted by Crippen LogP contribution is -2.50. The van der Waals surface area contributed by atoms with Gasteiger partial charge in [0.05, 0.1) is 0 Å². The molecule has 0 unspecified atom stereocenters. The molecule has 0 radical (unpaired) electrons. The second-order valence-corrected chi connectivity index (χ2v) is 6.14. The molecule has 7 heteroatoms. The van der Waals surface area contributed by atoms with Crippen LogP contribution in [0.1, 0.15) is 38.5 Å². The number of rotatable bonds is 4. The van der Waals surface area contributed by atoms with Crippen LogP contribution >= 0.6 is 0 Å². The molecular weight excluding hydrogens is 238 g/mol. The van der Waals surface area contributed by atoms with E-state index in [1.54, 1.807) is 0 Å². The van der Waals surface area contributed by atoms with Crippen molar-refractivity contribution in [2.24, 2.45) is 5.73 Å². The maximum atomic E-state index is 12.1. The third-order valence-corrected chi connectivity index (χ3v) is 3.98. The van der Waals surface area contributed by atoms with Crippen LogP contribution in [0.5, 0.6) is 0 Å². The van der Waals surface area contributed by atoms with Crippen LogP contribution in [-0.4, -0.2) is 26.3 Å². The molecule has 1 aliphatic rings. The fourth-order valence-electron chi connectivity index (χ4n) is 1.92. The summed E-state index contributed by atoms with van der Waals surface area (Å²) in [6, 6.07) is 0. The Morgan fingerprint density at radius 3 is 2.12 bits per heavy atom. The molecule has 16 heavy (non-hydrogen) atoms. The largest absolute Gasteiger partial charge is 0.350 e. The molecule has 96 valence electrons. The summed E-state index contributed by atoms with van der Waals surface area (Å²) in [5.41, 5.74) is 5.33. The smallest absolute Gasteiger partial charge is 0.324 e. The molecule has 0 bridgehead atoms. The van der Waals surface area contributed by atoms with E-state index in [9.17, 15) is 17.2 Å². The molecular formula is C9H18F2N2O2S. The summed E-state index contributed by atoms with van der Waals surface area (Å²) in [5.74, 6) is -3.39. The van der Waals surface area contributed by atoms with Gasteiger partial charge < -0.3 is 5.73 Å². The molecule has 4 nitrogen and oxygen atoms in total. The van der Waals surface area contributed by atoms with Crippen LogP contribution in [0, 0.1) is 0 Å². The van der Waals surface area contributed by atoms with Crippen LogP contribution in [0.25, 0.3) is 0 Å². The summed E-state index contributed by atoms with van der Waals surface area (Å²) in [4.78, 5) is 0. The van der Waals surface area contributed by atoms with Gasteiger partial charge >= 0.3 is 5.76 Å². The molecule has 0 aromatic carbocycles. The van der Waals surface area contributed by atoms with Gasteiger partial charge in [-0.25, -0.2) is 13.1 Å². The molecule has 0 saturated heterocycles. The van der Waals surface area contributed by atoms with Crippen molar-refractivity contribution in [2.75, 3.05) is 6.54 Å². The molecule has 1 fully saturated rings. The van der Waals surface area contributed by atoms with E-state index in [-0.39, 0.29) is 6.54 Å². The molecule has 1 saturated carbocycles. The predicted octanol–water partition coefficient (Wildman–Crippen LogP) is 1.18. The number of nitrogens with two attached hydrogens (primary N) is 1. The number of hydrogen-bond acceptors (Lipinski definition) is 3. The van der Waals surface area contributed by atoms with Crippen LogP contribution in [0.2, 0.25) is 0 Å². The molecule has 1 rings (SSSR count). The fraction of sp³-hybridized carbons (Fsp3) is 1.00.